The Balaban J connectivity index is 2.08. The van der Waals surface area contributed by atoms with Crippen molar-refractivity contribution in [2.75, 3.05) is 14.1 Å². The fraction of sp³-hybridized carbons (Fsp3) is 0.333. The third-order valence-corrected chi connectivity index (χ3v) is 3.07. The van der Waals surface area contributed by atoms with Crippen molar-refractivity contribution in [2.45, 2.75) is 19.6 Å². The number of halogens is 1. The SMILES string of the molecule is C[C@@H](OC(=O)Cn1nc(-c2ccc(F)cc2)oc1=O)C(=O)N(C)C. The van der Waals surface area contributed by atoms with Crippen molar-refractivity contribution in [2.24, 2.45) is 0 Å². The summed E-state index contributed by atoms with van der Waals surface area (Å²) in [5, 5.41) is 3.86. The van der Waals surface area contributed by atoms with Gasteiger partial charge in [0.25, 0.3) is 5.91 Å². The maximum atomic E-state index is 12.9. The number of hydrogen-bond donors (Lipinski definition) is 0. The Kier molecular flexibility index (Phi) is 5.12. The lowest BCUT2D eigenvalue weighted by molar-refractivity contribution is -0.158. The summed E-state index contributed by atoms with van der Waals surface area (Å²) in [5.74, 6) is -2.55. The summed E-state index contributed by atoms with van der Waals surface area (Å²) >= 11 is 0. The molecular formula is C15H16FN3O5. The van der Waals surface area contributed by atoms with Crippen LogP contribution >= 0.6 is 0 Å². The number of ether oxygens (including phenoxy) is 1. The number of rotatable bonds is 5. The number of likely N-dealkylation sites (N-methyl/N-ethyl adjacent to an activating group) is 1. The van der Waals surface area contributed by atoms with Gasteiger partial charge in [0, 0.05) is 19.7 Å². The normalized spacial score (nSPS) is 11.8. The van der Waals surface area contributed by atoms with Crippen LogP contribution in [0.4, 0.5) is 4.39 Å². The first-order valence-corrected chi connectivity index (χ1v) is 7.02. The smallest absolute Gasteiger partial charge is 0.437 e. The monoisotopic (exact) mass is 337 g/mol. The number of carbonyl (C=O) groups excluding carboxylic acids is 2. The van der Waals surface area contributed by atoms with Gasteiger partial charge in [0.05, 0.1) is 0 Å². The number of aromatic nitrogens is 2. The minimum atomic E-state index is -0.980. The molecule has 9 heteroatoms. The largest absolute Gasteiger partial charge is 0.451 e. The first-order chi connectivity index (χ1) is 11.3. The van der Waals surface area contributed by atoms with Gasteiger partial charge in [0.2, 0.25) is 5.89 Å². The molecule has 8 nitrogen and oxygen atoms in total. The number of hydrogen-bond acceptors (Lipinski definition) is 6. The van der Waals surface area contributed by atoms with Gasteiger partial charge in [-0.05, 0) is 31.2 Å². The van der Waals surface area contributed by atoms with Crippen LogP contribution in [-0.4, -0.2) is 46.8 Å². The number of nitrogens with zero attached hydrogens (tertiary/aromatic N) is 3. The summed E-state index contributed by atoms with van der Waals surface area (Å²) < 4.78 is 23.5. The van der Waals surface area contributed by atoms with Crippen molar-refractivity contribution < 1.29 is 23.1 Å². The molecule has 0 aliphatic carbocycles. The van der Waals surface area contributed by atoms with E-state index in [1.54, 1.807) is 0 Å². The number of esters is 1. The van der Waals surface area contributed by atoms with Crippen LogP contribution in [-0.2, 0) is 20.9 Å². The Morgan fingerprint density at radius 2 is 1.96 bits per heavy atom. The van der Waals surface area contributed by atoms with E-state index in [1.807, 2.05) is 0 Å². The van der Waals surface area contributed by atoms with Crippen LogP contribution < -0.4 is 5.76 Å². The van der Waals surface area contributed by atoms with E-state index in [0.29, 0.717) is 5.56 Å². The average Bonchev–Trinajstić information content (AvgIpc) is 2.87. The summed E-state index contributed by atoms with van der Waals surface area (Å²) in [4.78, 5) is 36.4. The predicted molar refractivity (Wildman–Crippen MR) is 80.4 cm³/mol. The molecule has 0 aliphatic heterocycles. The summed E-state index contributed by atoms with van der Waals surface area (Å²) in [6, 6.07) is 5.16. The minimum absolute atomic E-state index is 0.0507. The molecule has 128 valence electrons. The third-order valence-electron chi connectivity index (χ3n) is 3.07. The van der Waals surface area contributed by atoms with Gasteiger partial charge in [-0.25, -0.2) is 9.18 Å². The van der Waals surface area contributed by atoms with Gasteiger partial charge in [-0.2, -0.15) is 4.68 Å². The number of benzene rings is 1. The molecule has 1 aromatic carbocycles. The van der Waals surface area contributed by atoms with E-state index < -0.39 is 30.2 Å². The predicted octanol–water partition coefficient (Wildman–Crippen LogP) is 0.662. The van der Waals surface area contributed by atoms with E-state index in [-0.39, 0.29) is 11.8 Å². The Bertz CT molecular complexity index is 794. The maximum absolute atomic E-state index is 12.9. The Labute approximate surface area is 136 Å². The molecule has 2 rings (SSSR count). The standard InChI is InChI=1S/C15H16FN3O5/c1-9(14(21)18(2)3)23-12(20)8-19-15(22)24-13(17-19)10-4-6-11(16)7-5-10/h4-7,9H,8H2,1-3H3/t9-/m1/s1. The Morgan fingerprint density at radius 3 is 2.54 bits per heavy atom. The lowest BCUT2D eigenvalue weighted by atomic mass is 10.2. The van der Waals surface area contributed by atoms with Crippen molar-refractivity contribution in [1.29, 1.82) is 0 Å². The molecule has 24 heavy (non-hydrogen) atoms. The topological polar surface area (TPSA) is 94.6 Å². The highest BCUT2D eigenvalue weighted by Gasteiger charge is 2.21. The summed E-state index contributed by atoms with van der Waals surface area (Å²) in [7, 11) is 3.06. The molecule has 1 amide bonds. The molecule has 0 saturated carbocycles. The van der Waals surface area contributed by atoms with E-state index in [1.165, 1.54) is 50.2 Å². The van der Waals surface area contributed by atoms with E-state index >= 15 is 0 Å². The van der Waals surface area contributed by atoms with E-state index in [0.717, 1.165) is 4.68 Å². The van der Waals surface area contributed by atoms with Crippen molar-refractivity contribution in [3.8, 4) is 11.5 Å². The van der Waals surface area contributed by atoms with Crippen LogP contribution in [0, 0.1) is 5.82 Å². The zero-order chi connectivity index (χ0) is 17.9. The zero-order valence-electron chi connectivity index (χ0n) is 13.4. The fourth-order valence-corrected chi connectivity index (χ4v) is 1.89. The van der Waals surface area contributed by atoms with Gasteiger partial charge in [-0.3, -0.25) is 9.59 Å². The van der Waals surface area contributed by atoms with Crippen LogP contribution in [0.2, 0.25) is 0 Å². The van der Waals surface area contributed by atoms with Gasteiger partial charge >= 0.3 is 11.7 Å². The molecule has 0 saturated heterocycles. The molecule has 0 spiro atoms. The highest BCUT2D eigenvalue weighted by atomic mass is 19.1. The van der Waals surface area contributed by atoms with Gasteiger partial charge in [-0.15, -0.1) is 5.10 Å². The highest BCUT2D eigenvalue weighted by molar-refractivity contribution is 5.83. The van der Waals surface area contributed by atoms with Crippen LogP contribution in [0.1, 0.15) is 6.92 Å². The molecule has 0 unspecified atom stereocenters. The van der Waals surface area contributed by atoms with Crippen molar-refractivity contribution >= 4 is 11.9 Å². The lowest BCUT2D eigenvalue weighted by Gasteiger charge is -2.16. The molecule has 0 radical (unpaired) electrons. The molecule has 0 aliphatic rings. The second-order valence-corrected chi connectivity index (χ2v) is 5.20. The third kappa shape index (κ3) is 4.06. The second kappa shape index (κ2) is 7.07. The summed E-state index contributed by atoms with van der Waals surface area (Å²) in [6.45, 7) is 0.921. The van der Waals surface area contributed by atoms with Gasteiger partial charge in [0.1, 0.15) is 12.4 Å². The zero-order valence-corrected chi connectivity index (χ0v) is 13.4. The Hall–Kier alpha value is -2.97. The van der Waals surface area contributed by atoms with Gasteiger partial charge < -0.3 is 14.1 Å². The van der Waals surface area contributed by atoms with Crippen LogP contribution in [0.15, 0.2) is 33.5 Å². The minimum Gasteiger partial charge on any atom is -0.451 e. The van der Waals surface area contributed by atoms with Crippen LogP contribution in [0.3, 0.4) is 0 Å². The van der Waals surface area contributed by atoms with E-state index in [2.05, 4.69) is 5.10 Å². The van der Waals surface area contributed by atoms with E-state index in [4.69, 9.17) is 9.15 Å². The highest BCUT2D eigenvalue weighted by Crippen LogP contribution is 2.15. The first-order valence-electron chi connectivity index (χ1n) is 7.02. The summed E-state index contributed by atoms with van der Waals surface area (Å²) in [5.41, 5.74) is 0.386. The van der Waals surface area contributed by atoms with Crippen molar-refractivity contribution in [1.82, 2.24) is 14.7 Å². The first kappa shape index (κ1) is 17.4. The molecular weight excluding hydrogens is 321 g/mol. The second-order valence-electron chi connectivity index (χ2n) is 5.20. The van der Waals surface area contributed by atoms with Crippen LogP contribution in [0.5, 0.6) is 0 Å². The van der Waals surface area contributed by atoms with Gasteiger partial charge in [0.15, 0.2) is 6.10 Å². The quantitative estimate of drug-likeness (QED) is 0.744. The van der Waals surface area contributed by atoms with E-state index in [9.17, 15) is 18.8 Å². The van der Waals surface area contributed by atoms with Crippen LogP contribution in [0.25, 0.3) is 11.5 Å². The molecule has 1 atom stereocenters. The number of carbonyl (C=O) groups is 2. The molecule has 2 aromatic rings. The van der Waals surface area contributed by atoms with Crippen molar-refractivity contribution in [3.05, 3.63) is 40.6 Å². The molecule has 0 N–H and O–H groups in total. The fourth-order valence-electron chi connectivity index (χ4n) is 1.89. The molecule has 1 aromatic heterocycles. The van der Waals surface area contributed by atoms with Gasteiger partial charge in [-0.1, -0.05) is 0 Å². The number of amides is 1. The average molecular weight is 337 g/mol. The lowest BCUT2D eigenvalue weighted by Crippen LogP contribution is -2.36. The maximum Gasteiger partial charge on any atom is 0.437 e. The molecule has 0 fully saturated rings. The molecule has 1 heterocycles. The molecule has 0 bridgehead atoms. The Morgan fingerprint density at radius 1 is 1.33 bits per heavy atom. The summed E-state index contributed by atoms with van der Waals surface area (Å²) in [6.07, 6.45) is -0.980. The van der Waals surface area contributed by atoms with Crippen molar-refractivity contribution in [3.63, 3.8) is 0 Å².